The molecule has 0 unspecified atom stereocenters. The molecule has 0 saturated heterocycles. The fraction of sp³-hybridized carbons (Fsp3) is 0.0769. The van der Waals surface area contributed by atoms with E-state index in [2.05, 4.69) is 20.7 Å². The number of carbonyl (C=O) groups is 1. The highest BCUT2D eigenvalue weighted by atomic mass is 19.4. The van der Waals surface area contributed by atoms with Crippen LogP contribution in [0.3, 0.4) is 0 Å². The number of alkyl halides is 3. The number of nitrogens with zero attached hydrogens (tertiary/aromatic N) is 2. The zero-order valence-corrected chi connectivity index (χ0v) is 12.2. The molecule has 2 rings (SSSR count). The van der Waals surface area contributed by atoms with Gasteiger partial charge in [-0.2, -0.15) is 23.4 Å². The lowest BCUT2D eigenvalue weighted by Gasteiger charge is -2.12. The summed E-state index contributed by atoms with van der Waals surface area (Å²) in [6, 6.07) is 4.58. The molecule has 9 nitrogen and oxygen atoms in total. The Morgan fingerprint density at radius 3 is 2.72 bits per heavy atom. The first-order valence-corrected chi connectivity index (χ1v) is 6.51. The Morgan fingerprint density at radius 2 is 2.08 bits per heavy atom. The first-order valence-electron chi connectivity index (χ1n) is 6.51. The summed E-state index contributed by atoms with van der Waals surface area (Å²) in [5, 5.41) is 11.0. The number of H-pyrrole nitrogens is 1. The molecule has 0 saturated carbocycles. The van der Waals surface area contributed by atoms with Crippen LogP contribution in [0.25, 0.3) is 0 Å². The molecule has 2 amide bonds. The third-order valence-electron chi connectivity index (χ3n) is 2.79. The largest absolute Gasteiger partial charge is 0.416 e. The van der Waals surface area contributed by atoms with E-state index in [0.29, 0.717) is 0 Å². The zero-order valence-electron chi connectivity index (χ0n) is 12.2. The van der Waals surface area contributed by atoms with E-state index >= 15 is 0 Å². The maximum absolute atomic E-state index is 12.6. The van der Waals surface area contributed by atoms with Crippen LogP contribution in [-0.4, -0.2) is 16.0 Å². The van der Waals surface area contributed by atoms with Crippen LogP contribution in [0.4, 0.5) is 35.4 Å². The fourth-order valence-electron chi connectivity index (χ4n) is 1.74. The number of aromatic nitrogens is 2. The van der Waals surface area contributed by atoms with Gasteiger partial charge in [-0.1, -0.05) is 6.07 Å². The molecule has 6 N–H and O–H groups in total. The van der Waals surface area contributed by atoms with E-state index in [1.54, 1.807) is 6.07 Å². The highest BCUT2D eigenvalue weighted by Gasteiger charge is 2.30. The Balaban J connectivity index is 2.08. The van der Waals surface area contributed by atoms with E-state index in [4.69, 9.17) is 11.0 Å². The summed E-state index contributed by atoms with van der Waals surface area (Å²) in [6.07, 6.45) is -4.55. The molecule has 0 spiro atoms. The number of nitriles is 1. The number of aromatic amines is 1. The molecule has 0 fully saturated rings. The standard InChI is InChI=1S/C13H10F3N7O2/c14-13(15,16)6-2-1-3-7(4-6)19-12(25)23-22-9-8(5-17)10(24)21-11(18)20-9/h1-4H,(H2,19,23,25)(H4,18,20,21,22,24). The number of urea groups is 1. The topological polar surface area (TPSA) is 149 Å². The number of nitrogens with one attached hydrogen (secondary N) is 4. The van der Waals surface area contributed by atoms with Crippen LogP contribution >= 0.6 is 0 Å². The van der Waals surface area contributed by atoms with Gasteiger partial charge in [0.2, 0.25) is 5.95 Å². The van der Waals surface area contributed by atoms with Gasteiger partial charge in [0, 0.05) is 5.69 Å². The molecule has 0 aliphatic carbocycles. The minimum absolute atomic E-state index is 0.118. The first-order chi connectivity index (χ1) is 11.7. The molecular formula is C13H10F3N7O2. The van der Waals surface area contributed by atoms with Gasteiger partial charge >= 0.3 is 12.2 Å². The normalized spacial score (nSPS) is 10.6. The van der Waals surface area contributed by atoms with E-state index in [1.807, 2.05) is 5.43 Å². The van der Waals surface area contributed by atoms with Gasteiger partial charge in [-0.05, 0) is 18.2 Å². The molecule has 0 aliphatic heterocycles. The van der Waals surface area contributed by atoms with E-state index in [0.717, 1.165) is 18.2 Å². The second-order valence-electron chi connectivity index (χ2n) is 4.57. The average Bonchev–Trinajstić information content (AvgIpc) is 2.52. The highest BCUT2D eigenvalue weighted by Crippen LogP contribution is 2.30. The average molecular weight is 353 g/mol. The molecular weight excluding hydrogens is 343 g/mol. The van der Waals surface area contributed by atoms with Crippen LogP contribution in [0.1, 0.15) is 11.1 Å². The number of rotatable bonds is 3. The maximum atomic E-state index is 12.6. The number of hydrogen-bond acceptors (Lipinski definition) is 6. The quantitative estimate of drug-likeness (QED) is 0.527. The van der Waals surface area contributed by atoms with E-state index < -0.39 is 28.9 Å². The number of anilines is 3. The molecule has 0 radical (unpaired) electrons. The van der Waals surface area contributed by atoms with E-state index in [-0.39, 0.29) is 17.5 Å². The molecule has 1 heterocycles. The molecule has 130 valence electrons. The van der Waals surface area contributed by atoms with E-state index in [9.17, 15) is 22.8 Å². The van der Waals surface area contributed by atoms with Crippen molar-refractivity contribution in [3.8, 4) is 6.07 Å². The number of hydrazine groups is 1. The summed E-state index contributed by atoms with van der Waals surface area (Å²) in [5.74, 6) is -0.616. The van der Waals surface area contributed by atoms with Crippen LogP contribution in [0.5, 0.6) is 0 Å². The third-order valence-corrected chi connectivity index (χ3v) is 2.79. The smallest absolute Gasteiger partial charge is 0.369 e. The predicted molar refractivity (Wildman–Crippen MR) is 81.2 cm³/mol. The van der Waals surface area contributed by atoms with Crippen molar-refractivity contribution < 1.29 is 18.0 Å². The predicted octanol–water partition coefficient (Wildman–Crippen LogP) is 1.39. The molecule has 1 aromatic heterocycles. The summed E-state index contributed by atoms with van der Waals surface area (Å²) >= 11 is 0. The number of benzene rings is 1. The van der Waals surface area contributed by atoms with Gasteiger partial charge in [0.15, 0.2) is 11.4 Å². The van der Waals surface area contributed by atoms with Crippen LogP contribution in [0, 0.1) is 11.3 Å². The fourth-order valence-corrected chi connectivity index (χ4v) is 1.74. The Kier molecular flexibility index (Phi) is 4.78. The van der Waals surface area contributed by atoms with Crippen LogP contribution in [-0.2, 0) is 6.18 Å². The number of carbonyl (C=O) groups excluding carboxylic acids is 1. The molecule has 0 bridgehead atoms. The molecule has 12 heteroatoms. The van der Waals surface area contributed by atoms with Crippen molar-refractivity contribution in [2.45, 2.75) is 6.18 Å². The van der Waals surface area contributed by atoms with Crippen molar-refractivity contribution in [1.82, 2.24) is 15.4 Å². The summed E-state index contributed by atoms with van der Waals surface area (Å²) in [7, 11) is 0. The number of nitrogens with two attached hydrogens (primary N) is 1. The second kappa shape index (κ2) is 6.79. The Labute approximate surface area is 137 Å². The zero-order chi connectivity index (χ0) is 18.6. The molecule has 25 heavy (non-hydrogen) atoms. The maximum Gasteiger partial charge on any atom is 0.416 e. The van der Waals surface area contributed by atoms with Crippen LogP contribution in [0.2, 0.25) is 0 Å². The Hall–Kier alpha value is -3.75. The van der Waals surface area contributed by atoms with Gasteiger partial charge in [0.25, 0.3) is 5.56 Å². The van der Waals surface area contributed by atoms with Crippen molar-refractivity contribution in [3.63, 3.8) is 0 Å². The Morgan fingerprint density at radius 1 is 1.36 bits per heavy atom. The van der Waals surface area contributed by atoms with Gasteiger partial charge in [-0.3, -0.25) is 15.2 Å². The summed E-state index contributed by atoms with van der Waals surface area (Å²) in [6.45, 7) is 0. The number of halogens is 3. The lowest BCUT2D eigenvalue weighted by molar-refractivity contribution is -0.137. The van der Waals surface area contributed by atoms with Crippen LogP contribution < -0.4 is 27.5 Å². The van der Waals surface area contributed by atoms with Gasteiger partial charge < -0.3 is 11.1 Å². The monoisotopic (exact) mass is 353 g/mol. The second-order valence-corrected chi connectivity index (χ2v) is 4.57. The summed E-state index contributed by atoms with van der Waals surface area (Å²) in [4.78, 5) is 28.9. The molecule has 1 aromatic carbocycles. The lowest BCUT2D eigenvalue weighted by atomic mass is 10.2. The van der Waals surface area contributed by atoms with Crippen molar-refractivity contribution in [1.29, 1.82) is 5.26 Å². The lowest BCUT2D eigenvalue weighted by Crippen LogP contribution is -2.35. The van der Waals surface area contributed by atoms with Gasteiger partial charge in [-0.15, -0.1) is 0 Å². The molecule has 0 aliphatic rings. The highest BCUT2D eigenvalue weighted by molar-refractivity contribution is 5.90. The Bertz CT molecular complexity index is 902. The summed E-state index contributed by atoms with van der Waals surface area (Å²) < 4.78 is 37.8. The van der Waals surface area contributed by atoms with Crippen molar-refractivity contribution >= 4 is 23.5 Å². The van der Waals surface area contributed by atoms with Crippen molar-refractivity contribution in [2.24, 2.45) is 0 Å². The molecule has 2 aromatic rings. The van der Waals surface area contributed by atoms with E-state index in [1.165, 1.54) is 6.07 Å². The number of nitrogen functional groups attached to an aromatic ring is 1. The van der Waals surface area contributed by atoms with Gasteiger partial charge in [0.05, 0.1) is 5.56 Å². The summed E-state index contributed by atoms with van der Waals surface area (Å²) in [5.41, 5.74) is 7.23. The van der Waals surface area contributed by atoms with Crippen molar-refractivity contribution in [3.05, 3.63) is 45.7 Å². The molecule has 0 atom stereocenters. The van der Waals surface area contributed by atoms with Gasteiger partial charge in [0.1, 0.15) is 6.07 Å². The number of amides is 2. The third kappa shape index (κ3) is 4.38. The van der Waals surface area contributed by atoms with Crippen molar-refractivity contribution in [2.75, 3.05) is 16.5 Å². The van der Waals surface area contributed by atoms with Gasteiger partial charge in [-0.25, -0.2) is 10.2 Å². The minimum atomic E-state index is -4.55. The van der Waals surface area contributed by atoms with Crippen LogP contribution in [0.15, 0.2) is 29.1 Å². The SMILES string of the molecule is N#Cc1c(NNC(=O)Nc2cccc(C(F)(F)F)c2)nc(N)[nH]c1=O. The first kappa shape index (κ1) is 17.6. The number of hydrogen-bond donors (Lipinski definition) is 5. The minimum Gasteiger partial charge on any atom is -0.369 e.